The van der Waals surface area contributed by atoms with E-state index in [0.29, 0.717) is 23.0 Å². The Balaban J connectivity index is 2.21. The molecule has 0 unspecified atom stereocenters. The lowest BCUT2D eigenvalue weighted by molar-refractivity contribution is 0.102. The lowest BCUT2D eigenvalue weighted by Gasteiger charge is -2.04. The van der Waals surface area contributed by atoms with E-state index in [-0.39, 0.29) is 5.91 Å². The zero-order chi connectivity index (χ0) is 12.3. The predicted molar refractivity (Wildman–Crippen MR) is 63.1 cm³/mol. The molecule has 1 N–H and O–H groups in total. The van der Waals surface area contributed by atoms with Gasteiger partial charge < -0.3 is 9.84 Å². The summed E-state index contributed by atoms with van der Waals surface area (Å²) in [6.07, 6.45) is 2.09. The van der Waals surface area contributed by atoms with Gasteiger partial charge in [-0.15, -0.1) is 0 Å². The monoisotopic (exact) mass is 251 g/mol. The number of carbonyl (C=O) groups is 1. The van der Waals surface area contributed by atoms with Gasteiger partial charge in [0.2, 0.25) is 0 Å². The Morgan fingerprint density at radius 3 is 3.00 bits per heavy atom. The van der Waals surface area contributed by atoms with E-state index in [2.05, 4.69) is 20.0 Å². The number of pyridine rings is 1. The van der Waals surface area contributed by atoms with Crippen LogP contribution in [0, 0.1) is 0 Å². The number of rotatable bonds is 3. The number of nitrogens with one attached hydrogen (secondary N) is 1. The van der Waals surface area contributed by atoms with Crippen molar-refractivity contribution >= 4 is 23.3 Å². The Bertz CT molecular complexity index is 526. The van der Waals surface area contributed by atoms with E-state index >= 15 is 0 Å². The Morgan fingerprint density at radius 2 is 2.35 bits per heavy atom. The van der Waals surface area contributed by atoms with Crippen molar-refractivity contribution in [1.29, 1.82) is 0 Å². The number of anilines is 1. The highest BCUT2D eigenvalue weighted by Gasteiger charge is 2.10. The molecule has 0 aliphatic rings. The van der Waals surface area contributed by atoms with Gasteiger partial charge in [0, 0.05) is 17.3 Å². The van der Waals surface area contributed by atoms with Crippen LogP contribution in [0.1, 0.15) is 23.0 Å². The minimum atomic E-state index is -0.294. The summed E-state index contributed by atoms with van der Waals surface area (Å²) >= 11 is 5.83. The van der Waals surface area contributed by atoms with Gasteiger partial charge in [-0.3, -0.25) is 4.79 Å². The van der Waals surface area contributed by atoms with Gasteiger partial charge in [0.05, 0.1) is 0 Å². The number of aryl methyl sites for hydroxylation is 1. The molecule has 0 aromatic carbocycles. The molecule has 2 rings (SSSR count). The highest BCUT2D eigenvalue weighted by molar-refractivity contribution is 6.29. The smallest absolute Gasteiger partial charge is 0.257 e. The van der Waals surface area contributed by atoms with Gasteiger partial charge in [-0.2, -0.15) is 0 Å². The van der Waals surface area contributed by atoms with Crippen LogP contribution in [-0.4, -0.2) is 16.0 Å². The van der Waals surface area contributed by atoms with Gasteiger partial charge in [0.15, 0.2) is 5.82 Å². The topological polar surface area (TPSA) is 68.0 Å². The summed E-state index contributed by atoms with van der Waals surface area (Å²) in [6.45, 7) is 1.94. The first-order valence-electron chi connectivity index (χ1n) is 5.07. The first-order valence-corrected chi connectivity index (χ1v) is 5.45. The zero-order valence-electron chi connectivity index (χ0n) is 9.11. The van der Waals surface area contributed by atoms with Crippen molar-refractivity contribution in [2.24, 2.45) is 0 Å². The van der Waals surface area contributed by atoms with Crippen molar-refractivity contribution in [1.82, 2.24) is 10.1 Å². The van der Waals surface area contributed by atoms with Crippen LogP contribution < -0.4 is 5.32 Å². The van der Waals surface area contributed by atoms with Crippen LogP contribution in [0.2, 0.25) is 5.15 Å². The Kier molecular flexibility index (Phi) is 3.39. The van der Waals surface area contributed by atoms with Crippen LogP contribution >= 0.6 is 11.6 Å². The fraction of sp³-hybridized carbons (Fsp3) is 0.182. The van der Waals surface area contributed by atoms with Crippen molar-refractivity contribution in [3.05, 3.63) is 40.9 Å². The van der Waals surface area contributed by atoms with E-state index in [9.17, 15) is 4.79 Å². The minimum absolute atomic E-state index is 0.294. The number of carbonyl (C=O) groups excluding carboxylic acids is 1. The largest absolute Gasteiger partial charge is 0.363 e. The Labute approximate surface area is 103 Å². The standard InChI is InChI=1S/C11H10ClN3O2/c1-2-8-5-7(6-9(12)13-8)11(16)14-10-3-4-17-15-10/h3-6H,2H2,1H3,(H,14,15,16). The first-order chi connectivity index (χ1) is 8.19. The SMILES string of the molecule is CCc1cc(C(=O)Nc2ccon2)cc(Cl)n1. The van der Waals surface area contributed by atoms with Gasteiger partial charge >= 0.3 is 0 Å². The molecular weight excluding hydrogens is 242 g/mol. The third-order valence-electron chi connectivity index (χ3n) is 2.15. The number of nitrogens with zero attached hydrogens (tertiary/aromatic N) is 2. The third kappa shape index (κ3) is 2.82. The lowest BCUT2D eigenvalue weighted by Crippen LogP contribution is -2.12. The van der Waals surface area contributed by atoms with Gasteiger partial charge in [-0.25, -0.2) is 4.98 Å². The van der Waals surface area contributed by atoms with Crippen LogP contribution in [0.15, 0.2) is 29.0 Å². The second-order valence-electron chi connectivity index (χ2n) is 3.36. The number of hydrogen-bond donors (Lipinski definition) is 1. The molecule has 6 heteroatoms. The summed E-state index contributed by atoms with van der Waals surface area (Å²) < 4.78 is 4.62. The van der Waals surface area contributed by atoms with Crippen molar-refractivity contribution in [2.45, 2.75) is 13.3 Å². The fourth-order valence-corrected chi connectivity index (χ4v) is 1.56. The summed E-state index contributed by atoms with van der Waals surface area (Å²) in [5, 5.41) is 6.48. The van der Waals surface area contributed by atoms with E-state index in [1.165, 1.54) is 12.3 Å². The summed E-state index contributed by atoms with van der Waals surface area (Å²) in [5.74, 6) is 0.0684. The number of amides is 1. The normalized spacial score (nSPS) is 10.2. The maximum absolute atomic E-state index is 11.9. The van der Waals surface area contributed by atoms with Gasteiger partial charge in [-0.1, -0.05) is 23.7 Å². The quantitative estimate of drug-likeness (QED) is 0.851. The Hall–Kier alpha value is -1.88. The summed E-state index contributed by atoms with van der Waals surface area (Å²) in [5.41, 5.74) is 1.22. The van der Waals surface area contributed by atoms with Gasteiger partial charge in [-0.05, 0) is 18.6 Å². The molecule has 0 atom stereocenters. The second kappa shape index (κ2) is 4.97. The Morgan fingerprint density at radius 1 is 1.53 bits per heavy atom. The van der Waals surface area contributed by atoms with Crippen LogP contribution in [0.5, 0.6) is 0 Å². The summed E-state index contributed by atoms with van der Waals surface area (Å²) in [7, 11) is 0. The highest BCUT2D eigenvalue weighted by Crippen LogP contribution is 2.13. The van der Waals surface area contributed by atoms with Crippen molar-refractivity contribution in [3.63, 3.8) is 0 Å². The van der Waals surface area contributed by atoms with Crippen LogP contribution in [-0.2, 0) is 6.42 Å². The zero-order valence-corrected chi connectivity index (χ0v) is 9.86. The summed E-state index contributed by atoms with van der Waals surface area (Å²) in [6, 6.07) is 4.76. The molecule has 0 saturated heterocycles. The number of halogens is 1. The summed E-state index contributed by atoms with van der Waals surface area (Å²) in [4.78, 5) is 15.9. The lowest BCUT2D eigenvalue weighted by atomic mass is 10.2. The van der Waals surface area contributed by atoms with Crippen LogP contribution in [0.25, 0.3) is 0 Å². The molecular formula is C11H10ClN3O2. The maximum atomic E-state index is 11.9. The average molecular weight is 252 g/mol. The molecule has 88 valence electrons. The molecule has 2 aromatic heterocycles. The van der Waals surface area contributed by atoms with Crippen molar-refractivity contribution in [2.75, 3.05) is 5.32 Å². The van der Waals surface area contributed by atoms with Crippen LogP contribution in [0.3, 0.4) is 0 Å². The van der Waals surface area contributed by atoms with Crippen molar-refractivity contribution < 1.29 is 9.32 Å². The van der Waals surface area contributed by atoms with Gasteiger partial charge in [0.1, 0.15) is 11.4 Å². The molecule has 0 fully saturated rings. The molecule has 2 aromatic rings. The molecule has 0 aliphatic carbocycles. The molecule has 0 radical (unpaired) electrons. The number of aromatic nitrogens is 2. The molecule has 17 heavy (non-hydrogen) atoms. The maximum Gasteiger partial charge on any atom is 0.257 e. The van der Waals surface area contributed by atoms with Crippen LogP contribution in [0.4, 0.5) is 5.82 Å². The fourth-order valence-electron chi connectivity index (χ4n) is 1.33. The van der Waals surface area contributed by atoms with E-state index in [1.807, 2.05) is 6.92 Å². The first kappa shape index (κ1) is 11.6. The van der Waals surface area contributed by atoms with E-state index in [0.717, 1.165) is 5.69 Å². The molecule has 1 amide bonds. The van der Waals surface area contributed by atoms with Crippen molar-refractivity contribution in [3.8, 4) is 0 Å². The molecule has 0 bridgehead atoms. The molecule has 0 spiro atoms. The molecule has 0 aliphatic heterocycles. The van der Waals surface area contributed by atoms with Gasteiger partial charge in [0.25, 0.3) is 5.91 Å². The molecule has 5 nitrogen and oxygen atoms in total. The molecule has 0 saturated carbocycles. The molecule has 2 heterocycles. The third-order valence-corrected chi connectivity index (χ3v) is 2.34. The average Bonchev–Trinajstić information content (AvgIpc) is 2.81. The number of hydrogen-bond acceptors (Lipinski definition) is 4. The minimum Gasteiger partial charge on any atom is -0.363 e. The second-order valence-corrected chi connectivity index (χ2v) is 3.75. The predicted octanol–water partition coefficient (Wildman–Crippen LogP) is 2.54. The highest BCUT2D eigenvalue weighted by atomic mass is 35.5. The van der Waals surface area contributed by atoms with E-state index in [4.69, 9.17) is 11.6 Å². The van der Waals surface area contributed by atoms with E-state index in [1.54, 1.807) is 12.1 Å². The van der Waals surface area contributed by atoms with E-state index < -0.39 is 0 Å².